The average Bonchev–Trinajstić information content (AvgIpc) is 2.88. The highest BCUT2D eigenvalue weighted by atomic mass is 16.6. The summed E-state index contributed by atoms with van der Waals surface area (Å²) in [5.41, 5.74) is 5.87. The van der Waals surface area contributed by atoms with Gasteiger partial charge in [0.2, 0.25) is 11.8 Å². The van der Waals surface area contributed by atoms with Crippen LogP contribution in [0.5, 0.6) is 0 Å². The Hall–Kier alpha value is -3.87. The van der Waals surface area contributed by atoms with Gasteiger partial charge in [0, 0.05) is 18.8 Å². The summed E-state index contributed by atoms with van der Waals surface area (Å²) in [5.74, 6) is -2.14. The molecule has 0 aliphatic rings. The highest BCUT2D eigenvalue weighted by Gasteiger charge is 2.30. The van der Waals surface area contributed by atoms with Crippen molar-refractivity contribution in [1.29, 1.82) is 0 Å². The summed E-state index contributed by atoms with van der Waals surface area (Å²) in [6.07, 6.45) is 1.21. The highest BCUT2D eigenvalue weighted by Crippen LogP contribution is 2.15. The summed E-state index contributed by atoms with van der Waals surface area (Å²) in [6.45, 7) is 13.3. The molecule has 0 bridgehead atoms. The van der Waals surface area contributed by atoms with Crippen molar-refractivity contribution in [1.82, 2.24) is 20.9 Å². The zero-order valence-corrected chi connectivity index (χ0v) is 27.4. The number of carbonyl (C=O) groups is 5. The second kappa shape index (κ2) is 18.1. The van der Waals surface area contributed by atoms with E-state index in [0.717, 1.165) is 5.56 Å². The van der Waals surface area contributed by atoms with Gasteiger partial charge in [-0.15, -0.1) is 0 Å². The molecule has 0 fully saturated rings. The number of amides is 5. The van der Waals surface area contributed by atoms with Gasteiger partial charge in [0.1, 0.15) is 23.7 Å². The van der Waals surface area contributed by atoms with E-state index in [1.54, 1.807) is 53.8 Å². The molecule has 0 spiro atoms. The molecule has 0 aliphatic heterocycles. The molecule has 0 aliphatic carbocycles. The molecule has 0 unspecified atom stereocenters. The molecule has 0 aromatic heterocycles. The number of nitrogens with one attached hydrogen (secondary N) is 4. The number of nitrogens with two attached hydrogens (primary N) is 1. The number of primary amides is 1. The van der Waals surface area contributed by atoms with Gasteiger partial charge in [0.05, 0.1) is 0 Å². The number of nitrogens with zero attached hydrogens (tertiary/aromatic N) is 1. The van der Waals surface area contributed by atoms with E-state index >= 15 is 0 Å². The molecule has 0 heterocycles. The number of ether oxygens (including phenoxy) is 1. The Morgan fingerprint density at radius 3 is 2.05 bits per heavy atom. The predicted molar refractivity (Wildman–Crippen MR) is 169 cm³/mol. The summed E-state index contributed by atoms with van der Waals surface area (Å²) < 4.78 is 5.30. The van der Waals surface area contributed by atoms with Crippen molar-refractivity contribution >= 4 is 35.6 Å². The first-order valence-electron chi connectivity index (χ1n) is 15.1. The van der Waals surface area contributed by atoms with Crippen molar-refractivity contribution in [3.8, 4) is 0 Å². The fraction of sp³-hybridized carbons (Fsp3) is 0.645. The molecule has 248 valence electrons. The lowest BCUT2D eigenvalue weighted by Crippen LogP contribution is -2.55. The average molecular weight is 621 g/mol. The lowest BCUT2D eigenvalue weighted by atomic mass is 10.0. The number of unbranched alkanes of at least 4 members (excludes halogenated alkanes) is 1. The van der Waals surface area contributed by atoms with Crippen LogP contribution in [0.25, 0.3) is 0 Å². The lowest BCUT2D eigenvalue weighted by molar-refractivity contribution is -0.144. The monoisotopic (exact) mass is 620 g/mol. The summed E-state index contributed by atoms with van der Waals surface area (Å²) in [4.78, 5) is 63.4. The van der Waals surface area contributed by atoms with Crippen molar-refractivity contribution in [3.05, 3.63) is 29.8 Å². The number of carboxylic acid groups (broad SMARTS) is 1. The SMILES string of the molecule is CC(C)[C@H](NC(=O)OC(C)(C)C)C(=O)N[C@@H](CCCCNC(N)=O)C(=O)Nc1ccc(CCN(C)[C@H](C(=O)O)C(C)C)cc1. The van der Waals surface area contributed by atoms with Crippen LogP contribution in [0.4, 0.5) is 15.3 Å². The van der Waals surface area contributed by atoms with Crippen LogP contribution in [-0.2, 0) is 25.5 Å². The number of likely N-dealkylation sites (N-methyl/N-ethyl adjacent to an activating group) is 1. The first-order valence-corrected chi connectivity index (χ1v) is 15.1. The maximum atomic E-state index is 13.3. The second-order valence-electron chi connectivity index (χ2n) is 12.7. The highest BCUT2D eigenvalue weighted by molar-refractivity contribution is 5.98. The van der Waals surface area contributed by atoms with E-state index in [4.69, 9.17) is 10.5 Å². The predicted octanol–water partition coefficient (Wildman–Crippen LogP) is 3.08. The Bertz CT molecular complexity index is 1100. The van der Waals surface area contributed by atoms with Crippen LogP contribution in [0.2, 0.25) is 0 Å². The molecule has 13 heteroatoms. The summed E-state index contributed by atoms with van der Waals surface area (Å²) >= 11 is 0. The normalized spacial score (nSPS) is 13.6. The van der Waals surface area contributed by atoms with E-state index in [1.165, 1.54) is 0 Å². The number of benzene rings is 1. The van der Waals surface area contributed by atoms with Gasteiger partial charge in [-0.1, -0.05) is 39.8 Å². The summed E-state index contributed by atoms with van der Waals surface area (Å²) in [5, 5.41) is 20.2. The Morgan fingerprint density at radius 1 is 0.932 bits per heavy atom. The van der Waals surface area contributed by atoms with E-state index < -0.39 is 53.6 Å². The third-order valence-corrected chi connectivity index (χ3v) is 6.81. The van der Waals surface area contributed by atoms with Crippen molar-refractivity contribution < 1.29 is 33.8 Å². The number of carboxylic acids is 1. The molecule has 13 nitrogen and oxygen atoms in total. The zero-order valence-electron chi connectivity index (χ0n) is 27.4. The van der Waals surface area contributed by atoms with Gasteiger partial charge in [-0.25, -0.2) is 9.59 Å². The van der Waals surface area contributed by atoms with Crippen LogP contribution in [0.15, 0.2) is 24.3 Å². The molecule has 0 radical (unpaired) electrons. The van der Waals surface area contributed by atoms with Gasteiger partial charge in [0.15, 0.2) is 0 Å². The van der Waals surface area contributed by atoms with Gasteiger partial charge in [-0.05, 0) is 83.0 Å². The lowest BCUT2D eigenvalue weighted by Gasteiger charge is -2.27. The minimum atomic E-state index is -0.939. The minimum Gasteiger partial charge on any atom is -0.480 e. The third kappa shape index (κ3) is 14.5. The molecular weight excluding hydrogens is 568 g/mol. The number of hydrogen-bond donors (Lipinski definition) is 6. The maximum Gasteiger partial charge on any atom is 0.408 e. The Balaban J connectivity index is 2.95. The molecule has 44 heavy (non-hydrogen) atoms. The standard InChI is InChI=1S/C31H52N6O7/c1-19(2)24(36-30(43)44-31(5,6)7)27(39)35-23(11-9-10-17-33-29(32)42)26(38)34-22-14-12-21(13-15-22)16-18-37(8)25(20(3)4)28(40)41/h12-15,19-20,23-25H,9-11,16-18H2,1-8H3,(H,34,38)(H,35,39)(H,36,43)(H,40,41)(H3,32,33,42)/t23-,24-,25-/m0/s1. The van der Waals surface area contributed by atoms with E-state index in [2.05, 4.69) is 21.3 Å². The third-order valence-electron chi connectivity index (χ3n) is 6.81. The number of rotatable bonds is 17. The summed E-state index contributed by atoms with van der Waals surface area (Å²) in [6, 6.07) is 4.14. The topological polar surface area (TPSA) is 192 Å². The molecule has 7 N–H and O–H groups in total. The van der Waals surface area contributed by atoms with Crippen LogP contribution in [0, 0.1) is 11.8 Å². The molecule has 1 rings (SSSR count). The van der Waals surface area contributed by atoms with E-state index in [0.29, 0.717) is 38.0 Å². The van der Waals surface area contributed by atoms with Crippen LogP contribution in [0.3, 0.4) is 0 Å². The van der Waals surface area contributed by atoms with E-state index in [1.807, 2.05) is 30.9 Å². The van der Waals surface area contributed by atoms with Gasteiger partial charge < -0.3 is 36.8 Å². The first-order chi connectivity index (χ1) is 20.4. The van der Waals surface area contributed by atoms with Crippen LogP contribution >= 0.6 is 0 Å². The van der Waals surface area contributed by atoms with Crippen molar-refractivity contribution in [2.24, 2.45) is 17.6 Å². The molecule has 1 aromatic carbocycles. The molecule has 0 saturated heterocycles. The fourth-order valence-corrected chi connectivity index (χ4v) is 4.60. The largest absolute Gasteiger partial charge is 0.480 e. The van der Waals surface area contributed by atoms with Crippen LogP contribution < -0.4 is 27.0 Å². The Kier molecular flexibility index (Phi) is 15.7. The number of anilines is 1. The summed E-state index contributed by atoms with van der Waals surface area (Å²) in [7, 11) is 1.79. The molecule has 1 aromatic rings. The van der Waals surface area contributed by atoms with Gasteiger partial charge in [-0.3, -0.25) is 19.3 Å². The zero-order chi connectivity index (χ0) is 33.6. The number of hydrogen-bond acceptors (Lipinski definition) is 7. The minimum absolute atomic E-state index is 0.0353. The second-order valence-corrected chi connectivity index (χ2v) is 12.7. The quantitative estimate of drug-likeness (QED) is 0.143. The fourth-order valence-electron chi connectivity index (χ4n) is 4.60. The van der Waals surface area contributed by atoms with Gasteiger partial charge >= 0.3 is 18.1 Å². The van der Waals surface area contributed by atoms with Crippen molar-refractivity contribution in [2.75, 3.05) is 25.5 Å². The number of alkyl carbamates (subject to hydrolysis) is 1. The number of urea groups is 1. The first kappa shape index (κ1) is 38.2. The maximum absolute atomic E-state index is 13.3. The molecule has 5 amide bonds. The Labute approximate surface area is 261 Å². The van der Waals surface area contributed by atoms with Crippen molar-refractivity contribution in [3.63, 3.8) is 0 Å². The molecule has 3 atom stereocenters. The molecular formula is C31H52N6O7. The Morgan fingerprint density at radius 2 is 1.55 bits per heavy atom. The number of aliphatic carboxylic acids is 1. The van der Waals surface area contributed by atoms with Crippen molar-refractivity contribution in [2.45, 2.75) is 97.9 Å². The molecule has 0 saturated carbocycles. The van der Waals surface area contributed by atoms with Gasteiger partial charge in [0.25, 0.3) is 0 Å². The van der Waals surface area contributed by atoms with Gasteiger partial charge in [-0.2, -0.15) is 0 Å². The van der Waals surface area contributed by atoms with Crippen LogP contribution in [-0.4, -0.2) is 83.8 Å². The number of carbonyl (C=O) groups excluding carboxylic acids is 4. The van der Waals surface area contributed by atoms with E-state index in [-0.39, 0.29) is 18.3 Å². The van der Waals surface area contributed by atoms with E-state index in [9.17, 15) is 29.1 Å². The smallest absolute Gasteiger partial charge is 0.408 e. The van der Waals surface area contributed by atoms with Crippen LogP contribution in [0.1, 0.15) is 73.3 Å².